The van der Waals surface area contributed by atoms with Gasteiger partial charge in [-0.2, -0.15) is 0 Å². The van der Waals surface area contributed by atoms with E-state index in [0.717, 1.165) is 20.9 Å². The molecule has 17 amide bonds. The number of nitrogens with zero attached hydrogens (tertiary/aromatic N) is 2. The average Bonchev–Trinajstić information content (AvgIpc) is 1.65. The van der Waals surface area contributed by atoms with E-state index in [0.29, 0.717) is 39.4 Å². The first-order valence-corrected chi connectivity index (χ1v) is 45.8. The van der Waals surface area contributed by atoms with Crippen molar-refractivity contribution in [1.29, 1.82) is 0 Å². The van der Waals surface area contributed by atoms with Gasteiger partial charge in [-0.1, -0.05) is 157 Å². The summed E-state index contributed by atoms with van der Waals surface area (Å²) in [5, 5.41) is 75.3. The van der Waals surface area contributed by atoms with Gasteiger partial charge in [0.05, 0.1) is 25.2 Å². The van der Waals surface area contributed by atoms with Gasteiger partial charge >= 0.3 is 11.9 Å². The molecule has 2 fully saturated rings. The number of phenolic OH excluding ortho intramolecular Hbond substituents is 1. The van der Waals surface area contributed by atoms with Crippen molar-refractivity contribution < 1.29 is 112 Å². The molecule has 5 aromatic carbocycles. The largest absolute Gasteiger partial charge is 0.508 e. The van der Waals surface area contributed by atoms with Gasteiger partial charge in [0.1, 0.15) is 96.4 Å². The lowest BCUT2D eigenvalue weighted by Gasteiger charge is -2.34. The SMILES string of the molecule is CC(C)C[C@@H]1NC(=O)[C@H](Cc2c[nH]c3ccccc23)NC(=O)[C@H](CC(=O)O)NC(=O)[C@H](Cc2ccc(O)cc2)NC(=O)[C@H](Cc2ccccc2)NC(=O)CSC[C@@H](C(=O)N[C@@H](C)C(N)=O)NC(=O)[C@H](CO)NC(=O)[C@H](C(C)C)NC(=O)[C@H](CC(C)C)NC(=O)[C@H](CC(N)=O)NC(=O)[C@H]2CCCN2C(=O)[C@H](C)N(C)C(=O)[C@H](CCC(=O)O)NC(=O)[C@H](Cc2ccc(-c3ccccc3)cc2)NC1=O. The summed E-state index contributed by atoms with van der Waals surface area (Å²) in [4.78, 5) is 278. The average molecular weight is 1900 g/mol. The van der Waals surface area contributed by atoms with Gasteiger partial charge in [0.25, 0.3) is 0 Å². The number of para-hydroxylation sites is 1. The van der Waals surface area contributed by atoms with E-state index in [1.807, 2.05) is 30.3 Å². The molecule has 2 saturated heterocycles. The number of hydrogen-bond acceptors (Lipinski definition) is 22. The highest BCUT2D eigenvalue weighted by atomic mass is 32.2. The zero-order chi connectivity index (χ0) is 99.9. The van der Waals surface area contributed by atoms with Crippen molar-refractivity contribution in [2.75, 3.05) is 31.7 Å². The molecule has 732 valence electrons. The summed E-state index contributed by atoms with van der Waals surface area (Å²) in [7, 11) is 1.18. The van der Waals surface area contributed by atoms with Gasteiger partial charge in [-0.25, -0.2) is 0 Å². The molecule has 0 spiro atoms. The standard InChI is InChI=1S/C94H122N18O23S/c1-49(2)37-64-81(122)103-67(40-55-26-30-58(31-27-55)57-21-14-11-15-22-57)83(124)100-63(34-35-77(117)118)94(135)111(9)53(8)93(134)112-36-18-25-74(112)91(132)107-70(43-75(95)115)86(127)102-65(38-50(3)4)88(129)110-79(51(5)6)92(133)108-72(46-113)89(130)109-73(90(131)98-52(7)80(96)121)47-136-48-76(116)99-66(39-54-19-12-10-13-20-54)82(123)104-68(41-56-28-32-60(114)33-29-56)84(125)106-71(44-78(119)120)87(128)105-69(85(126)101-64)42-59-45-97-62-24-17-16-23-61(59)62/h10-17,19-24,26-33,45,49-53,63-74,79,97,113-114H,18,25,34-44,46-48H2,1-9H3,(H2,95,115)(H2,96,121)(H,98,131)(H,99,116)(H,100,124)(H,101,126)(H,102,127)(H,103,122)(H,104,123)(H,105,128)(H,106,125)(H,107,132)(H,108,133)(H,109,130)(H,110,129)(H,117,118)(H,119,120)/t52-,53-,63-,64-,65-,66-,67-,68-,69-,70-,71-,72-,73-,74+,79-/m0/s1. The van der Waals surface area contributed by atoms with Gasteiger partial charge < -0.3 is 116 Å². The number of likely N-dealkylation sites (N-methyl/N-ethyl adjacent to an activating group) is 1. The number of primary amides is 2. The third-order valence-corrected chi connectivity index (χ3v) is 24.0. The lowest BCUT2D eigenvalue weighted by molar-refractivity contribution is -0.148. The summed E-state index contributed by atoms with van der Waals surface area (Å²) in [6.45, 7) is 11.0. The number of aromatic hydroxyl groups is 1. The third-order valence-electron chi connectivity index (χ3n) is 22.9. The maximum Gasteiger partial charge on any atom is 0.305 e. The number of carbonyl (C=O) groups excluding carboxylic acids is 17. The fraction of sp³-hybridized carbons (Fsp3) is 0.457. The third kappa shape index (κ3) is 32.2. The van der Waals surface area contributed by atoms with Crippen LogP contribution in [0.15, 0.2) is 140 Å². The normalized spacial score (nSPS) is 23.7. The second-order valence-electron chi connectivity index (χ2n) is 35.0. The molecule has 1 aromatic heterocycles. The molecule has 8 rings (SSSR count). The number of benzene rings is 5. The van der Waals surface area contributed by atoms with Crippen molar-refractivity contribution in [3.63, 3.8) is 0 Å². The fourth-order valence-corrected chi connectivity index (χ4v) is 16.3. The number of carboxylic acid groups (broad SMARTS) is 2. The van der Waals surface area contributed by atoms with Crippen LogP contribution < -0.4 is 80.6 Å². The van der Waals surface area contributed by atoms with Crippen LogP contribution in [0.3, 0.4) is 0 Å². The van der Waals surface area contributed by atoms with E-state index in [2.05, 4.69) is 74.1 Å². The number of aromatic nitrogens is 1. The zero-order valence-electron chi connectivity index (χ0n) is 77.0. The van der Waals surface area contributed by atoms with Gasteiger partial charge in [-0.15, -0.1) is 11.8 Å². The van der Waals surface area contributed by atoms with Crippen LogP contribution in [0.4, 0.5) is 0 Å². The van der Waals surface area contributed by atoms with Crippen LogP contribution in [-0.4, -0.2) is 270 Å². The summed E-state index contributed by atoms with van der Waals surface area (Å²) in [5.74, 6) is -24.2. The molecule has 0 saturated carbocycles. The highest BCUT2D eigenvalue weighted by molar-refractivity contribution is 8.00. The lowest BCUT2D eigenvalue weighted by atomic mass is 9.98. The van der Waals surface area contributed by atoms with E-state index >= 15 is 33.6 Å². The molecule has 136 heavy (non-hydrogen) atoms. The van der Waals surface area contributed by atoms with Crippen molar-refractivity contribution in [2.45, 2.75) is 223 Å². The molecule has 0 bridgehead atoms. The van der Waals surface area contributed by atoms with Gasteiger partial charge in [0.2, 0.25) is 100 Å². The lowest BCUT2D eigenvalue weighted by Crippen LogP contribution is -2.62. The second kappa shape index (κ2) is 51.2. The molecule has 41 nitrogen and oxygen atoms in total. The van der Waals surface area contributed by atoms with Gasteiger partial charge in [0.15, 0.2) is 0 Å². The number of aromatic amines is 1. The predicted molar refractivity (Wildman–Crippen MR) is 498 cm³/mol. The minimum atomic E-state index is -2.09. The number of carboxylic acids is 2. The van der Waals surface area contributed by atoms with Crippen molar-refractivity contribution in [1.82, 2.24) is 83.9 Å². The summed E-state index contributed by atoms with van der Waals surface area (Å²) < 4.78 is 0. The topological polar surface area (TPSA) is 636 Å². The van der Waals surface area contributed by atoms with Crippen LogP contribution in [0, 0.1) is 17.8 Å². The number of amides is 17. The molecule has 3 heterocycles. The molecule has 0 aliphatic carbocycles. The van der Waals surface area contributed by atoms with E-state index < -0.39 is 277 Å². The number of aliphatic carboxylic acids is 2. The van der Waals surface area contributed by atoms with E-state index in [4.69, 9.17) is 11.5 Å². The number of nitrogens with one attached hydrogen (secondary N) is 14. The molecule has 6 aromatic rings. The predicted octanol–water partition coefficient (Wildman–Crippen LogP) is -0.841. The second-order valence-corrected chi connectivity index (χ2v) is 36.0. The Kier molecular flexibility index (Phi) is 40.3. The Morgan fingerprint density at radius 1 is 0.478 bits per heavy atom. The van der Waals surface area contributed by atoms with E-state index in [1.54, 1.807) is 113 Å². The Balaban J connectivity index is 1.21. The van der Waals surface area contributed by atoms with E-state index in [9.17, 15) is 78.0 Å². The zero-order valence-corrected chi connectivity index (χ0v) is 77.8. The Bertz CT molecular complexity index is 5280. The molecule has 0 radical (unpaired) electrons. The Morgan fingerprint density at radius 2 is 0.926 bits per heavy atom. The van der Waals surface area contributed by atoms with E-state index in [-0.39, 0.29) is 56.4 Å². The molecular weight excluding hydrogens is 1780 g/mol. The Morgan fingerprint density at radius 3 is 1.46 bits per heavy atom. The smallest absolute Gasteiger partial charge is 0.305 e. The molecule has 22 N–H and O–H groups in total. The van der Waals surface area contributed by atoms with Crippen molar-refractivity contribution in [3.05, 3.63) is 162 Å². The van der Waals surface area contributed by atoms with Gasteiger partial charge in [-0.3, -0.25) is 91.1 Å². The van der Waals surface area contributed by atoms with Crippen molar-refractivity contribution >= 4 is 135 Å². The van der Waals surface area contributed by atoms with Crippen molar-refractivity contribution in [3.8, 4) is 16.9 Å². The molecule has 0 unspecified atom stereocenters. The fourth-order valence-electron chi connectivity index (χ4n) is 15.4. The van der Waals surface area contributed by atoms with Gasteiger partial charge in [-0.05, 0) is 115 Å². The highest BCUT2D eigenvalue weighted by Gasteiger charge is 2.44. The monoisotopic (exact) mass is 1900 g/mol. The minimum Gasteiger partial charge on any atom is -0.508 e. The first kappa shape index (κ1) is 107. The number of hydrogen-bond donors (Lipinski definition) is 20. The number of rotatable bonds is 25. The van der Waals surface area contributed by atoms with Crippen molar-refractivity contribution in [2.24, 2.45) is 29.2 Å². The van der Waals surface area contributed by atoms with Crippen LogP contribution in [0.25, 0.3) is 22.0 Å². The molecule has 2 aliphatic rings. The van der Waals surface area contributed by atoms with Crippen LogP contribution >= 0.6 is 11.8 Å². The number of aliphatic hydroxyl groups excluding tert-OH is 1. The summed E-state index contributed by atoms with van der Waals surface area (Å²) in [5.41, 5.74) is 14.9. The van der Waals surface area contributed by atoms with Crippen LogP contribution in [-0.2, 0) is 117 Å². The number of H-pyrrole nitrogens is 1. The molecule has 42 heteroatoms. The van der Waals surface area contributed by atoms with Crippen LogP contribution in [0.1, 0.15) is 129 Å². The van der Waals surface area contributed by atoms with Crippen LogP contribution in [0.5, 0.6) is 5.75 Å². The number of carbonyl (C=O) groups is 19. The molecule has 2 aliphatic heterocycles. The van der Waals surface area contributed by atoms with Gasteiger partial charge in [0, 0.05) is 68.5 Å². The number of aliphatic hydroxyl groups is 1. The maximum absolute atomic E-state index is 15.5. The maximum atomic E-state index is 15.5. The summed E-state index contributed by atoms with van der Waals surface area (Å²) in [6, 6.07) is 11.2. The number of nitrogens with two attached hydrogens (primary N) is 2. The summed E-state index contributed by atoms with van der Waals surface area (Å²) >= 11 is 0.694. The molecule has 15 atom stereocenters. The number of fused-ring (bicyclic) bond motifs is 2. The molecular formula is C94H122N18O23S. The Labute approximate surface area is 789 Å². The first-order valence-electron chi connectivity index (χ1n) is 44.7. The Hall–Kier alpha value is -14.3. The quantitative estimate of drug-likeness (QED) is 0.0332. The van der Waals surface area contributed by atoms with E-state index in [1.165, 1.54) is 59.0 Å². The first-order chi connectivity index (χ1) is 64.5. The van der Waals surface area contributed by atoms with Crippen LogP contribution in [0.2, 0.25) is 0 Å². The number of phenols is 1. The number of thioether (sulfide) groups is 1. The minimum absolute atomic E-state index is 0.0433. The highest BCUT2D eigenvalue weighted by Crippen LogP contribution is 2.26. The summed E-state index contributed by atoms with van der Waals surface area (Å²) in [6.07, 6.45) is -3.52.